The molecular formula is C41H65N9O7S. The van der Waals surface area contributed by atoms with Gasteiger partial charge in [0.25, 0.3) is 6.01 Å². The fourth-order valence-corrected chi connectivity index (χ4v) is 6.94. The molecule has 0 aliphatic carbocycles. The molecule has 3 aromatic rings. The first kappa shape index (κ1) is 47.7. The molecule has 17 heteroatoms. The van der Waals surface area contributed by atoms with Crippen LogP contribution in [0.25, 0.3) is 11.2 Å². The van der Waals surface area contributed by atoms with Crippen LogP contribution in [0.2, 0.25) is 0 Å². The molecule has 0 fully saturated rings. The molecule has 2 amide bonds. The summed E-state index contributed by atoms with van der Waals surface area (Å²) < 4.78 is 11.7. The summed E-state index contributed by atoms with van der Waals surface area (Å²) in [5.74, 6) is -0.592. The van der Waals surface area contributed by atoms with Gasteiger partial charge in [-0.15, -0.1) is 0 Å². The topological polar surface area (TPSA) is 239 Å². The molecule has 1 aromatic carbocycles. The van der Waals surface area contributed by atoms with Gasteiger partial charge in [-0.05, 0) is 37.0 Å². The number of nitrogens with one attached hydrogen (secondary N) is 3. The molecule has 58 heavy (non-hydrogen) atoms. The zero-order chi connectivity index (χ0) is 42.1. The van der Waals surface area contributed by atoms with Gasteiger partial charge in [-0.1, -0.05) is 96.6 Å². The third-order valence-electron chi connectivity index (χ3n) is 9.56. The van der Waals surface area contributed by atoms with Crippen LogP contribution in [0.4, 0.5) is 17.5 Å². The van der Waals surface area contributed by atoms with Crippen LogP contribution in [0.3, 0.4) is 0 Å². The standard InChI is InChI=1S/C41H65N9O7S/c1-4-6-8-9-10-11-12-13-14-15-16-17-34(52)57-25-26-58-28-31(42)38(53)46-32(39(54)56-3)22-23-33(51)45-30-20-18-29(19-21-30)27-50-37-35(47-41(50)55)36(43)48-40(49-37)44-24-7-5-2/h18-21,31-32H,4-17,22-28,42H2,1-3H3,(H,45,51)(H,46,53)(H,47,55)(H3,43,44,48,49)/t31-,32-/m0/s1. The molecule has 322 valence electrons. The summed E-state index contributed by atoms with van der Waals surface area (Å²) in [6, 6.07) is 4.74. The highest BCUT2D eigenvalue weighted by atomic mass is 32.2. The van der Waals surface area contributed by atoms with Gasteiger partial charge in [-0.25, -0.2) is 4.79 Å². The number of thioether (sulfide) groups is 1. The minimum Gasteiger partial charge on any atom is -0.480 e. The number of aromatic nitrogens is 4. The van der Waals surface area contributed by atoms with E-state index in [1.807, 2.05) is 0 Å². The van der Waals surface area contributed by atoms with Gasteiger partial charge in [0.15, 0.2) is 17.0 Å². The van der Waals surface area contributed by atoms with Gasteiger partial charge in [0.2, 0.25) is 17.8 Å². The van der Waals surface area contributed by atoms with Crippen LogP contribution in [-0.2, 0) is 35.2 Å². The van der Waals surface area contributed by atoms with Gasteiger partial charge in [0.05, 0.1) is 19.7 Å². The van der Waals surface area contributed by atoms with E-state index in [1.54, 1.807) is 24.3 Å². The molecule has 0 saturated carbocycles. The van der Waals surface area contributed by atoms with Crippen molar-refractivity contribution in [3.63, 3.8) is 0 Å². The summed E-state index contributed by atoms with van der Waals surface area (Å²) in [5, 5.41) is 19.1. The van der Waals surface area contributed by atoms with Crippen molar-refractivity contribution in [3.8, 4) is 6.01 Å². The number of nitrogen functional groups attached to an aromatic ring is 1. The number of carbonyl (C=O) groups is 4. The SMILES string of the molecule is CCCCCCCCCCCCCC(=O)OCCSC[C@H](N)C(=O)N[C@@H](CCC(=O)Nc1ccc(Cn2c(O)nc3c(N)nc(NCCCC)nc32)cc1)C(=O)OC. The average molecular weight is 828 g/mol. The minimum absolute atomic E-state index is 0.00940. The molecule has 0 aliphatic rings. The molecule has 0 saturated heterocycles. The third-order valence-corrected chi connectivity index (χ3v) is 10.6. The number of benzene rings is 1. The molecule has 0 spiro atoms. The predicted octanol–water partition coefficient (Wildman–Crippen LogP) is 6.06. The van der Waals surface area contributed by atoms with Crippen LogP contribution >= 0.6 is 11.8 Å². The normalized spacial score (nSPS) is 12.2. The molecule has 3 rings (SSSR count). The largest absolute Gasteiger partial charge is 0.480 e. The molecule has 0 unspecified atom stereocenters. The summed E-state index contributed by atoms with van der Waals surface area (Å²) in [4.78, 5) is 63.1. The lowest BCUT2D eigenvalue weighted by atomic mass is 10.1. The molecule has 2 heterocycles. The average Bonchev–Trinajstić information content (AvgIpc) is 3.53. The second-order valence-corrected chi connectivity index (χ2v) is 15.6. The fourth-order valence-electron chi connectivity index (χ4n) is 6.16. The first-order valence-electron chi connectivity index (χ1n) is 20.8. The van der Waals surface area contributed by atoms with Crippen molar-refractivity contribution in [2.24, 2.45) is 5.73 Å². The number of rotatable bonds is 30. The number of esters is 2. The maximum Gasteiger partial charge on any atom is 0.328 e. The van der Waals surface area contributed by atoms with Crippen molar-refractivity contribution < 1.29 is 33.8 Å². The molecule has 2 aromatic heterocycles. The first-order chi connectivity index (χ1) is 28.1. The van der Waals surface area contributed by atoms with Crippen LogP contribution in [0.5, 0.6) is 6.01 Å². The van der Waals surface area contributed by atoms with Crippen molar-refractivity contribution in [3.05, 3.63) is 29.8 Å². The molecule has 0 bridgehead atoms. The number of anilines is 3. The Balaban J connectivity index is 1.34. The van der Waals surface area contributed by atoms with Crippen LogP contribution in [0.1, 0.15) is 122 Å². The maximum atomic E-state index is 12.8. The Bertz CT molecular complexity index is 1710. The Morgan fingerprint density at radius 1 is 0.879 bits per heavy atom. The number of unbranched alkanes of at least 4 members (excludes halogenated alkanes) is 11. The van der Waals surface area contributed by atoms with Gasteiger partial charge in [-0.3, -0.25) is 19.0 Å². The summed E-state index contributed by atoms with van der Waals surface area (Å²) in [6.07, 6.45) is 15.6. The smallest absolute Gasteiger partial charge is 0.328 e. The van der Waals surface area contributed by atoms with E-state index in [0.717, 1.165) is 37.7 Å². The van der Waals surface area contributed by atoms with Crippen molar-refractivity contribution in [2.45, 2.75) is 135 Å². The van der Waals surface area contributed by atoms with Crippen molar-refractivity contribution >= 4 is 64.1 Å². The lowest BCUT2D eigenvalue weighted by molar-refractivity contribution is -0.145. The van der Waals surface area contributed by atoms with Gasteiger partial charge >= 0.3 is 11.9 Å². The van der Waals surface area contributed by atoms with Crippen LogP contribution in [0, 0.1) is 0 Å². The highest BCUT2D eigenvalue weighted by Crippen LogP contribution is 2.25. The van der Waals surface area contributed by atoms with E-state index in [-0.39, 0.29) is 55.5 Å². The lowest BCUT2D eigenvalue weighted by Gasteiger charge is -2.19. The van der Waals surface area contributed by atoms with Crippen LogP contribution in [-0.4, -0.2) is 92.2 Å². The monoisotopic (exact) mass is 827 g/mol. The number of hydrogen-bond acceptors (Lipinski definition) is 14. The number of hydrogen-bond donors (Lipinski definition) is 6. The van der Waals surface area contributed by atoms with E-state index in [2.05, 4.69) is 44.7 Å². The Labute approximate surface area is 346 Å². The molecule has 16 nitrogen and oxygen atoms in total. The maximum absolute atomic E-state index is 12.8. The zero-order valence-electron chi connectivity index (χ0n) is 34.6. The number of amides is 2. The highest BCUT2D eigenvalue weighted by Gasteiger charge is 2.25. The van der Waals surface area contributed by atoms with Crippen molar-refractivity contribution in [2.75, 3.05) is 48.1 Å². The Hall–Kier alpha value is -4.64. The van der Waals surface area contributed by atoms with Gasteiger partial charge < -0.3 is 42.0 Å². The number of nitrogens with two attached hydrogens (primary N) is 2. The van der Waals surface area contributed by atoms with E-state index in [1.165, 1.54) is 74.8 Å². The van der Waals surface area contributed by atoms with Crippen LogP contribution in [0.15, 0.2) is 24.3 Å². The van der Waals surface area contributed by atoms with E-state index >= 15 is 0 Å². The van der Waals surface area contributed by atoms with Gasteiger partial charge in [-0.2, -0.15) is 26.7 Å². The molecule has 8 N–H and O–H groups in total. The number of methoxy groups -OCH3 is 1. The predicted molar refractivity (Wildman–Crippen MR) is 229 cm³/mol. The Morgan fingerprint density at radius 3 is 2.19 bits per heavy atom. The van der Waals surface area contributed by atoms with E-state index in [4.69, 9.17) is 20.9 Å². The number of ether oxygens (including phenoxy) is 2. The summed E-state index contributed by atoms with van der Waals surface area (Å²) in [7, 11) is 1.20. The number of imidazole rings is 1. The lowest BCUT2D eigenvalue weighted by Crippen LogP contribution is -2.50. The van der Waals surface area contributed by atoms with Gasteiger partial charge in [0.1, 0.15) is 12.6 Å². The number of nitrogens with zero attached hydrogens (tertiary/aromatic N) is 4. The minimum atomic E-state index is -1.07. The molecule has 0 radical (unpaired) electrons. The van der Waals surface area contributed by atoms with E-state index < -0.39 is 24.0 Å². The number of fused-ring (bicyclic) bond motifs is 1. The quantitative estimate of drug-likeness (QED) is 0.0331. The first-order valence-corrected chi connectivity index (χ1v) is 21.9. The number of carbonyl (C=O) groups excluding carboxylic acids is 4. The van der Waals surface area contributed by atoms with E-state index in [0.29, 0.717) is 41.5 Å². The molecule has 0 aliphatic heterocycles. The Kier molecular flexibility index (Phi) is 22.3. The molecule has 2 atom stereocenters. The summed E-state index contributed by atoms with van der Waals surface area (Å²) >= 11 is 1.37. The second kappa shape index (κ2) is 27.1. The van der Waals surface area contributed by atoms with Crippen molar-refractivity contribution in [1.29, 1.82) is 0 Å². The van der Waals surface area contributed by atoms with Gasteiger partial charge in [0, 0.05) is 36.6 Å². The Morgan fingerprint density at radius 2 is 1.53 bits per heavy atom. The van der Waals surface area contributed by atoms with Crippen LogP contribution < -0.4 is 27.4 Å². The zero-order valence-corrected chi connectivity index (χ0v) is 35.4. The fraction of sp³-hybridized carbons (Fsp3) is 0.634. The third kappa shape index (κ3) is 17.5. The number of aromatic hydroxyl groups is 1. The van der Waals surface area contributed by atoms with Crippen molar-refractivity contribution in [1.82, 2.24) is 24.8 Å². The van der Waals surface area contributed by atoms with E-state index in [9.17, 15) is 24.3 Å². The highest BCUT2D eigenvalue weighted by molar-refractivity contribution is 7.99. The molecular weight excluding hydrogens is 763 g/mol. The summed E-state index contributed by atoms with van der Waals surface area (Å²) in [6.45, 7) is 5.46. The second-order valence-electron chi connectivity index (χ2n) is 14.4. The summed E-state index contributed by atoms with van der Waals surface area (Å²) in [5.41, 5.74) is 14.2.